The highest BCUT2D eigenvalue weighted by molar-refractivity contribution is 7.98. The average Bonchev–Trinajstić information content (AvgIpc) is 2.88. The molecule has 0 radical (unpaired) electrons. The number of pyridine rings is 1. The van der Waals surface area contributed by atoms with Crippen molar-refractivity contribution in [2.75, 3.05) is 17.3 Å². The van der Waals surface area contributed by atoms with E-state index in [-0.39, 0.29) is 5.91 Å². The molecule has 0 saturated heterocycles. The van der Waals surface area contributed by atoms with Crippen LogP contribution in [0, 0.1) is 5.41 Å². The maximum atomic E-state index is 12.2. The van der Waals surface area contributed by atoms with E-state index in [4.69, 9.17) is 0 Å². The molecule has 0 aliphatic rings. The summed E-state index contributed by atoms with van der Waals surface area (Å²) < 4.78 is 0. The van der Waals surface area contributed by atoms with E-state index in [0.717, 1.165) is 16.3 Å². The summed E-state index contributed by atoms with van der Waals surface area (Å²) in [4.78, 5) is 16.2. The average molecular weight is 308 g/mol. The number of nitrogens with zero attached hydrogens (tertiary/aromatic N) is 3. The highest BCUT2D eigenvalue weighted by atomic mass is 32.2. The van der Waals surface area contributed by atoms with Crippen molar-refractivity contribution in [3.05, 3.63) is 24.5 Å². The Kier molecular flexibility index (Phi) is 4.72. The molecule has 106 valence electrons. The zero-order valence-electron chi connectivity index (χ0n) is 11.6. The molecule has 0 aliphatic heterocycles. The van der Waals surface area contributed by atoms with E-state index >= 15 is 0 Å². The van der Waals surface area contributed by atoms with Crippen LogP contribution in [0.5, 0.6) is 0 Å². The van der Waals surface area contributed by atoms with Gasteiger partial charge in [0.25, 0.3) is 0 Å². The smallest absolute Gasteiger partial charge is 0.232 e. The summed E-state index contributed by atoms with van der Waals surface area (Å²) in [7, 11) is 0. The molecule has 2 aromatic heterocycles. The van der Waals surface area contributed by atoms with Crippen molar-refractivity contribution in [2.24, 2.45) is 5.41 Å². The van der Waals surface area contributed by atoms with Crippen LogP contribution in [0.3, 0.4) is 0 Å². The summed E-state index contributed by atoms with van der Waals surface area (Å²) >= 11 is 3.00. The van der Waals surface area contributed by atoms with Crippen LogP contribution in [-0.2, 0) is 4.79 Å². The second-order valence-electron chi connectivity index (χ2n) is 4.93. The lowest BCUT2D eigenvalue weighted by molar-refractivity contribution is -0.122. The molecular formula is C13H16N4OS2. The molecule has 0 spiro atoms. The summed E-state index contributed by atoms with van der Waals surface area (Å²) in [5.74, 6) is 0.716. The quantitative estimate of drug-likeness (QED) is 0.920. The Labute approximate surface area is 126 Å². The SMILES string of the molecule is CSCC(C)(C)C(=O)Nc1nnc(-c2cccnc2)s1. The van der Waals surface area contributed by atoms with Crippen molar-refractivity contribution in [3.8, 4) is 10.6 Å². The molecule has 20 heavy (non-hydrogen) atoms. The number of hydrogen-bond donors (Lipinski definition) is 1. The minimum atomic E-state index is -0.431. The predicted molar refractivity (Wildman–Crippen MR) is 83.9 cm³/mol. The van der Waals surface area contributed by atoms with Gasteiger partial charge in [-0.1, -0.05) is 25.2 Å². The maximum Gasteiger partial charge on any atom is 0.232 e. The molecule has 0 saturated carbocycles. The van der Waals surface area contributed by atoms with Gasteiger partial charge in [-0.3, -0.25) is 9.78 Å². The summed E-state index contributed by atoms with van der Waals surface area (Å²) in [5, 5.41) is 12.2. The van der Waals surface area contributed by atoms with E-state index in [9.17, 15) is 4.79 Å². The number of nitrogens with one attached hydrogen (secondary N) is 1. The van der Waals surface area contributed by atoms with Gasteiger partial charge in [0.05, 0.1) is 5.41 Å². The first-order valence-electron chi connectivity index (χ1n) is 6.07. The largest absolute Gasteiger partial charge is 0.300 e. The van der Waals surface area contributed by atoms with Crippen LogP contribution >= 0.6 is 23.1 Å². The van der Waals surface area contributed by atoms with E-state index in [1.807, 2.05) is 32.2 Å². The van der Waals surface area contributed by atoms with Gasteiger partial charge in [0, 0.05) is 23.7 Å². The minimum absolute atomic E-state index is 0.0410. The van der Waals surface area contributed by atoms with Crippen LogP contribution in [0.25, 0.3) is 10.6 Å². The van der Waals surface area contributed by atoms with Gasteiger partial charge < -0.3 is 5.32 Å². The first-order chi connectivity index (χ1) is 9.53. The molecule has 2 rings (SSSR count). The van der Waals surface area contributed by atoms with Crippen molar-refractivity contribution >= 4 is 34.1 Å². The highest BCUT2D eigenvalue weighted by Crippen LogP contribution is 2.28. The Morgan fingerprint density at radius 1 is 1.45 bits per heavy atom. The van der Waals surface area contributed by atoms with Crippen LogP contribution in [-0.4, -0.2) is 33.1 Å². The monoisotopic (exact) mass is 308 g/mol. The number of aromatic nitrogens is 3. The second kappa shape index (κ2) is 6.32. The summed E-state index contributed by atoms with van der Waals surface area (Å²) in [6.07, 6.45) is 5.42. The zero-order valence-corrected chi connectivity index (χ0v) is 13.2. The summed E-state index contributed by atoms with van der Waals surface area (Å²) in [6, 6.07) is 3.76. The van der Waals surface area contributed by atoms with Crippen molar-refractivity contribution in [1.82, 2.24) is 15.2 Å². The number of carbonyl (C=O) groups is 1. The van der Waals surface area contributed by atoms with Crippen LogP contribution in [0.2, 0.25) is 0 Å². The van der Waals surface area contributed by atoms with E-state index in [1.54, 1.807) is 24.2 Å². The number of anilines is 1. The van der Waals surface area contributed by atoms with E-state index in [2.05, 4.69) is 20.5 Å². The molecule has 2 aromatic rings. The fraction of sp³-hybridized carbons (Fsp3) is 0.385. The fourth-order valence-corrected chi connectivity index (χ4v) is 3.15. The standard InChI is InChI=1S/C13H16N4OS2/c1-13(2,8-19-3)11(18)15-12-17-16-10(20-12)9-5-4-6-14-7-9/h4-7H,8H2,1-3H3,(H,15,17,18). The number of amides is 1. The van der Waals surface area contributed by atoms with Gasteiger partial charge in [0.15, 0.2) is 5.01 Å². The Bertz CT molecular complexity index is 583. The molecule has 0 fully saturated rings. The number of carbonyl (C=O) groups excluding carboxylic acids is 1. The molecule has 1 N–H and O–H groups in total. The topological polar surface area (TPSA) is 67.8 Å². The highest BCUT2D eigenvalue weighted by Gasteiger charge is 2.27. The first-order valence-corrected chi connectivity index (χ1v) is 8.28. The van der Waals surface area contributed by atoms with E-state index in [0.29, 0.717) is 5.13 Å². The molecule has 2 heterocycles. The molecule has 0 aliphatic carbocycles. The minimum Gasteiger partial charge on any atom is -0.300 e. The maximum absolute atomic E-state index is 12.2. The Hall–Kier alpha value is -1.47. The van der Waals surface area contributed by atoms with Gasteiger partial charge >= 0.3 is 0 Å². The van der Waals surface area contributed by atoms with Crippen LogP contribution in [0.1, 0.15) is 13.8 Å². The van der Waals surface area contributed by atoms with Gasteiger partial charge in [-0.05, 0) is 18.4 Å². The number of thioether (sulfide) groups is 1. The number of rotatable bonds is 5. The zero-order chi connectivity index (χ0) is 14.6. The Morgan fingerprint density at radius 2 is 2.25 bits per heavy atom. The third-order valence-corrected chi connectivity index (χ3v) is 4.57. The molecule has 0 unspecified atom stereocenters. The van der Waals surface area contributed by atoms with Gasteiger partial charge in [-0.2, -0.15) is 11.8 Å². The third-order valence-electron chi connectivity index (χ3n) is 2.67. The normalized spacial score (nSPS) is 11.3. The summed E-state index contributed by atoms with van der Waals surface area (Å²) in [5.41, 5.74) is 0.466. The van der Waals surface area contributed by atoms with Crippen molar-refractivity contribution in [2.45, 2.75) is 13.8 Å². The van der Waals surface area contributed by atoms with Gasteiger partial charge in [0.1, 0.15) is 0 Å². The van der Waals surface area contributed by atoms with Crippen molar-refractivity contribution in [1.29, 1.82) is 0 Å². The molecule has 0 aromatic carbocycles. The van der Waals surface area contributed by atoms with E-state index in [1.165, 1.54) is 11.3 Å². The lowest BCUT2D eigenvalue weighted by Crippen LogP contribution is -2.32. The third kappa shape index (κ3) is 3.55. The molecule has 7 heteroatoms. The molecular weight excluding hydrogens is 292 g/mol. The van der Waals surface area contributed by atoms with Gasteiger partial charge in [0.2, 0.25) is 11.0 Å². The van der Waals surface area contributed by atoms with Crippen LogP contribution < -0.4 is 5.32 Å². The second-order valence-corrected chi connectivity index (χ2v) is 6.77. The van der Waals surface area contributed by atoms with Gasteiger partial charge in [-0.15, -0.1) is 10.2 Å². The lowest BCUT2D eigenvalue weighted by Gasteiger charge is -2.21. The lowest BCUT2D eigenvalue weighted by atomic mass is 9.95. The summed E-state index contributed by atoms with van der Waals surface area (Å²) in [6.45, 7) is 3.84. The van der Waals surface area contributed by atoms with Crippen LogP contribution in [0.15, 0.2) is 24.5 Å². The Balaban J connectivity index is 2.09. The molecule has 0 atom stereocenters. The van der Waals surface area contributed by atoms with Crippen LogP contribution in [0.4, 0.5) is 5.13 Å². The molecule has 0 bridgehead atoms. The van der Waals surface area contributed by atoms with E-state index < -0.39 is 5.41 Å². The fourth-order valence-electron chi connectivity index (χ4n) is 1.57. The van der Waals surface area contributed by atoms with Gasteiger partial charge in [-0.25, -0.2) is 0 Å². The van der Waals surface area contributed by atoms with Crippen molar-refractivity contribution in [3.63, 3.8) is 0 Å². The number of hydrogen-bond acceptors (Lipinski definition) is 6. The Morgan fingerprint density at radius 3 is 2.90 bits per heavy atom. The first kappa shape index (κ1) is 14.9. The predicted octanol–water partition coefficient (Wildman–Crippen LogP) is 2.93. The molecule has 5 nitrogen and oxygen atoms in total. The molecule has 1 amide bonds. The van der Waals surface area contributed by atoms with Crippen molar-refractivity contribution < 1.29 is 4.79 Å².